The molecule has 1 atom stereocenters. The normalized spacial score (nSPS) is 12.9. The van der Waals surface area contributed by atoms with Crippen LogP contribution in [0.2, 0.25) is 0 Å². The monoisotopic (exact) mass is 309 g/mol. The zero-order chi connectivity index (χ0) is 15.6. The van der Waals surface area contributed by atoms with Gasteiger partial charge >= 0.3 is 0 Å². The minimum absolute atomic E-state index is 0.215. The van der Waals surface area contributed by atoms with Crippen molar-refractivity contribution in [3.8, 4) is 0 Å². The van der Waals surface area contributed by atoms with E-state index in [0.29, 0.717) is 28.2 Å². The van der Waals surface area contributed by atoms with Gasteiger partial charge in [-0.3, -0.25) is 4.79 Å². The van der Waals surface area contributed by atoms with Crippen LogP contribution in [0, 0.1) is 18.7 Å². The van der Waals surface area contributed by atoms with Crippen molar-refractivity contribution in [2.75, 3.05) is 6.54 Å². The first-order chi connectivity index (χ1) is 9.90. The Morgan fingerprint density at radius 3 is 2.76 bits per heavy atom. The van der Waals surface area contributed by atoms with Gasteiger partial charge in [-0.05, 0) is 37.0 Å². The molecule has 0 saturated carbocycles. The minimum Gasteiger partial charge on any atom is -0.391 e. The average molecular weight is 309 g/mol. The summed E-state index contributed by atoms with van der Waals surface area (Å²) in [6, 6.07) is 4.85. The predicted octanol–water partition coefficient (Wildman–Crippen LogP) is 3.49. The smallest absolute Gasteiger partial charge is 0.261 e. The fourth-order valence-electron chi connectivity index (χ4n) is 2.39. The molecule has 0 aliphatic carbocycles. The summed E-state index contributed by atoms with van der Waals surface area (Å²) >= 11 is 1.28. The van der Waals surface area contributed by atoms with E-state index in [0.717, 1.165) is 4.70 Å². The van der Waals surface area contributed by atoms with Gasteiger partial charge in [0.05, 0.1) is 11.0 Å². The third-order valence-electron chi connectivity index (χ3n) is 3.35. The van der Waals surface area contributed by atoms with Crippen LogP contribution < -0.4 is 5.32 Å². The third kappa shape index (κ3) is 3.60. The van der Waals surface area contributed by atoms with Crippen LogP contribution in [0.1, 0.15) is 35.5 Å². The van der Waals surface area contributed by atoms with E-state index in [-0.39, 0.29) is 18.3 Å². The van der Waals surface area contributed by atoms with E-state index < -0.39 is 6.10 Å². The van der Waals surface area contributed by atoms with Crippen LogP contribution >= 0.6 is 11.3 Å². The molecule has 0 saturated heterocycles. The molecule has 2 aromatic rings. The van der Waals surface area contributed by atoms with E-state index >= 15 is 0 Å². The van der Waals surface area contributed by atoms with Gasteiger partial charge in [-0.2, -0.15) is 0 Å². The lowest BCUT2D eigenvalue weighted by molar-refractivity contribution is 0.0903. The molecule has 0 fully saturated rings. The van der Waals surface area contributed by atoms with Crippen molar-refractivity contribution in [3.05, 3.63) is 34.5 Å². The number of thiophene rings is 1. The zero-order valence-corrected chi connectivity index (χ0v) is 13.3. The first-order valence-corrected chi connectivity index (χ1v) is 7.85. The highest BCUT2D eigenvalue weighted by atomic mass is 32.1. The number of halogens is 1. The van der Waals surface area contributed by atoms with Crippen LogP contribution in [0.5, 0.6) is 0 Å². The lowest BCUT2D eigenvalue weighted by atomic mass is 10.1. The van der Waals surface area contributed by atoms with E-state index in [9.17, 15) is 14.3 Å². The number of hydrogen-bond donors (Lipinski definition) is 2. The number of nitrogens with one attached hydrogen (secondary N) is 1. The maximum absolute atomic E-state index is 13.8. The molecule has 3 nitrogen and oxygen atoms in total. The van der Waals surface area contributed by atoms with Gasteiger partial charge in [0.25, 0.3) is 5.91 Å². The summed E-state index contributed by atoms with van der Waals surface area (Å²) < 4.78 is 14.6. The Hall–Kier alpha value is -1.46. The van der Waals surface area contributed by atoms with Crippen LogP contribution in [0.15, 0.2) is 18.2 Å². The summed E-state index contributed by atoms with van der Waals surface area (Å²) in [5.74, 6) is -0.187. The van der Waals surface area contributed by atoms with Gasteiger partial charge in [0.1, 0.15) is 5.82 Å². The highest BCUT2D eigenvalue weighted by Crippen LogP contribution is 2.32. The van der Waals surface area contributed by atoms with E-state index in [4.69, 9.17) is 0 Å². The molecule has 0 radical (unpaired) electrons. The summed E-state index contributed by atoms with van der Waals surface area (Å²) in [5, 5.41) is 13.0. The molecule has 0 spiro atoms. The van der Waals surface area contributed by atoms with Gasteiger partial charge in [-0.15, -0.1) is 11.3 Å². The SMILES string of the molecule is Cc1c(C(=O)NCC(O)CC(C)C)sc2cccc(F)c12. The van der Waals surface area contributed by atoms with Gasteiger partial charge in [0.15, 0.2) is 0 Å². The molecule has 114 valence electrons. The second-order valence-electron chi connectivity index (χ2n) is 5.66. The Balaban J connectivity index is 2.13. The molecule has 1 heterocycles. The van der Waals surface area contributed by atoms with Crippen LogP contribution in [0.25, 0.3) is 10.1 Å². The molecular formula is C16H20FNO2S. The summed E-state index contributed by atoms with van der Waals surface area (Å²) in [7, 11) is 0. The number of carbonyl (C=O) groups excluding carboxylic acids is 1. The molecule has 0 bridgehead atoms. The Kier molecular flexibility index (Phi) is 4.96. The maximum Gasteiger partial charge on any atom is 0.261 e. The number of aliphatic hydroxyl groups is 1. The van der Waals surface area contributed by atoms with Crippen LogP contribution in [0.3, 0.4) is 0 Å². The van der Waals surface area contributed by atoms with E-state index in [1.807, 2.05) is 13.8 Å². The highest BCUT2D eigenvalue weighted by Gasteiger charge is 2.18. The first kappa shape index (κ1) is 15.9. The number of aryl methyl sites for hydroxylation is 1. The fraction of sp³-hybridized carbons (Fsp3) is 0.438. The van der Waals surface area contributed by atoms with Crippen LogP contribution in [-0.2, 0) is 0 Å². The fourth-order valence-corrected chi connectivity index (χ4v) is 3.53. The zero-order valence-electron chi connectivity index (χ0n) is 12.4. The average Bonchev–Trinajstić information content (AvgIpc) is 2.74. The summed E-state index contributed by atoms with van der Waals surface area (Å²) in [6.07, 6.45) is 0.0840. The Bertz CT molecular complexity index is 651. The number of benzene rings is 1. The van der Waals surface area contributed by atoms with Crippen molar-refractivity contribution in [1.29, 1.82) is 0 Å². The van der Waals surface area contributed by atoms with Gasteiger partial charge in [0, 0.05) is 16.6 Å². The Morgan fingerprint density at radius 2 is 2.14 bits per heavy atom. The molecule has 21 heavy (non-hydrogen) atoms. The van der Waals surface area contributed by atoms with Gasteiger partial charge < -0.3 is 10.4 Å². The number of amides is 1. The molecule has 1 aromatic heterocycles. The number of fused-ring (bicyclic) bond motifs is 1. The molecule has 1 aromatic carbocycles. The van der Waals surface area contributed by atoms with Crippen molar-refractivity contribution in [1.82, 2.24) is 5.32 Å². The standard InChI is InChI=1S/C16H20FNO2S/c1-9(2)7-11(19)8-18-16(20)15-10(3)14-12(17)5-4-6-13(14)21-15/h4-6,9,11,19H,7-8H2,1-3H3,(H,18,20). The van der Waals surface area contributed by atoms with Crippen LogP contribution in [-0.4, -0.2) is 23.7 Å². The van der Waals surface area contributed by atoms with Crippen molar-refractivity contribution >= 4 is 27.3 Å². The Morgan fingerprint density at radius 1 is 1.43 bits per heavy atom. The van der Waals surface area contributed by atoms with Crippen molar-refractivity contribution in [3.63, 3.8) is 0 Å². The minimum atomic E-state index is -0.555. The summed E-state index contributed by atoms with van der Waals surface area (Å²) in [5.41, 5.74) is 0.656. The molecular weight excluding hydrogens is 289 g/mol. The van der Waals surface area contributed by atoms with E-state index in [1.165, 1.54) is 17.4 Å². The van der Waals surface area contributed by atoms with Crippen molar-refractivity contribution < 1.29 is 14.3 Å². The molecule has 0 aliphatic rings. The van der Waals surface area contributed by atoms with Crippen molar-refractivity contribution in [2.24, 2.45) is 5.92 Å². The Labute approximate surface area is 127 Å². The molecule has 0 aliphatic heterocycles. The lowest BCUT2D eigenvalue weighted by Crippen LogP contribution is -2.32. The van der Waals surface area contributed by atoms with Gasteiger partial charge in [-0.25, -0.2) is 4.39 Å². The first-order valence-electron chi connectivity index (χ1n) is 7.04. The third-order valence-corrected chi connectivity index (χ3v) is 4.61. The number of aliphatic hydroxyl groups excluding tert-OH is 1. The molecule has 5 heteroatoms. The maximum atomic E-state index is 13.8. The molecule has 1 amide bonds. The van der Waals surface area contributed by atoms with Crippen molar-refractivity contribution in [2.45, 2.75) is 33.3 Å². The molecule has 1 unspecified atom stereocenters. The van der Waals surface area contributed by atoms with Crippen LogP contribution in [0.4, 0.5) is 4.39 Å². The highest BCUT2D eigenvalue weighted by molar-refractivity contribution is 7.21. The topological polar surface area (TPSA) is 49.3 Å². The number of rotatable bonds is 5. The van der Waals surface area contributed by atoms with Gasteiger partial charge in [-0.1, -0.05) is 19.9 Å². The van der Waals surface area contributed by atoms with E-state index in [1.54, 1.807) is 19.1 Å². The lowest BCUT2D eigenvalue weighted by Gasteiger charge is -2.13. The predicted molar refractivity (Wildman–Crippen MR) is 84.3 cm³/mol. The molecule has 2 rings (SSSR count). The van der Waals surface area contributed by atoms with Gasteiger partial charge in [0.2, 0.25) is 0 Å². The van der Waals surface area contributed by atoms with E-state index in [2.05, 4.69) is 5.32 Å². The second kappa shape index (κ2) is 6.54. The quantitative estimate of drug-likeness (QED) is 0.888. The summed E-state index contributed by atoms with van der Waals surface area (Å²) in [4.78, 5) is 12.7. The summed E-state index contributed by atoms with van der Waals surface area (Å²) in [6.45, 7) is 6.00. The number of carbonyl (C=O) groups is 1. The molecule has 2 N–H and O–H groups in total. The largest absolute Gasteiger partial charge is 0.391 e. The second-order valence-corrected chi connectivity index (χ2v) is 6.71. The number of hydrogen-bond acceptors (Lipinski definition) is 3.